The van der Waals surface area contributed by atoms with Crippen molar-refractivity contribution in [1.29, 1.82) is 0 Å². The zero-order chi connectivity index (χ0) is 18.9. The quantitative estimate of drug-likeness (QED) is 0.515. The topological polar surface area (TPSA) is 57.2 Å². The van der Waals surface area contributed by atoms with E-state index in [0.29, 0.717) is 26.4 Å². The zero-order valence-electron chi connectivity index (χ0n) is 15.3. The molecule has 1 saturated heterocycles. The van der Waals surface area contributed by atoms with E-state index < -0.39 is 24.6 Å². The summed E-state index contributed by atoms with van der Waals surface area (Å²) < 4.78 is 23.2. The van der Waals surface area contributed by atoms with Crippen molar-refractivity contribution in [2.45, 2.75) is 37.8 Å². The molecule has 5 heteroatoms. The van der Waals surface area contributed by atoms with Gasteiger partial charge < -0.3 is 24.1 Å². The molecule has 0 aromatic heterocycles. The van der Waals surface area contributed by atoms with Crippen LogP contribution < -0.4 is 0 Å². The maximum atomic E-state index is 10.4. The van der Waals surface area contributed by atoms with E-state index in [0.717, 1.165) is 11.1 Å². The molecule has 2 aromatic rings. The third-order valence-electron chi connectivity index (χ3n) is 4.37. The van der Waals surface area contributed by atoms with Crippen LogP contribution in [0.25, 0.3) is 0 Å². The summed E-state index contributed by atoms with van der Waals surface area (Å²) in [6.45, 7) is 5.13. The highest BCUT2D eigenvalue weighted by Crippen LogP contribution is 2.27. The van der Waals surface area contributed by atoms with E-state index in [1.54, 1.807) is 6.08 Å². The van der Waals surface area contributed by atoms with Crippen LogP contribution in [0.4, 0.5) is 0 Å². The first kappa shape index (κ1) is 19.7. The van der Waals surface area contributed by atoms with Crippen LogP contribution in [-0.2, 0) is 32.2 Å². The molecule has 1 heterocycles. The molecule has 1 aliphatic heterocycles. The Bertz CT molecular complexity index is 676. The van der Waals surface area contributed by atoms with Gasteiger partial charge in [-0.05, 0) is 11.1 Å². The predicted molar refractivity (Wildman–Crippen MR) is 102 cm³/mol. The summed E-state index contributed by atoms with van der Waals surface area (Å²) in [6.07, 6.45) is -0.828. The van der Waals surface area contributed by atoms with Crippen LogP contribution in [0, 0.1) is 0 Å². The average Bonchev–Trinajstić information content (AvgIpc) is 3.01. The number of benzene rings is 2. The summed E-state index contributed by atoms with van der Waals surface area (Å²) >= 11 is 0. The van der Waals surface area contributed by atoms with Crippen molar-refractivity contribution in [2.75, 3.05) is 13.2 Å². The van der Waals surface area contributed by atoms with Crippen molar-refractivity contribution in [3.63, 3.8) is 0 Å². The zero-order valence-corrected chi connectivity index (χ0v) is 15.3. The van der Waals surface area contributed by atoms with Crippen LogP contribution in [0.1, 0.15) is 11.1 Å². The largest absolute Gasteiger partial charge is 0.375 e. The maximum absolute atomic E-state index is 10.4. The first-order valence-corrected chi connectivity index (χ1v) is 9.11. The molecule has 1 aliphatic rings. The second-order valence-corrected chi connectivity index (χ2v) is 6.41. The summed E-state index contributed by atoms with van der Waals surface area (Å²) in [5.41, 5.74) is 2.07. The number of hydrogen-bond acceptors (Lipinski definition) is 5. The molecule has 0 bridgehead atoms. The van der Waals surface area contributed by atoms with Crippen molar-refractivity contribution < 1.29 is 24.1 Å². The van der Waals surface area contributed by atoms with Crippen LogP contribution in [0.15, 0.2) is 73.3 Å². The summed E-state index contributed by atoms with van der Waals surface area (Å²) in [7, 11) is 0. The Morgan fingerprint density at radius 2 is 1.44 bits per heavy atom. The fraction of sp³-hybridized carbons (Fsp3) is 0.364. The lowest BCUT2D eigenvalue weighted by Crippen LogP contribution is -2.39. The van der Waals surface area contributed by atoms with Gasteiger partial charge in [0, 0.05) is 0 Å². The van der Waals surface area contributed by atoms with Crippen molar-refractivity contribution >= 4 is 0 Å². The van der Waals surface area contributed by atoms with Gasteiger partial charge in [0.05, 0.1) is 26.4 Å². The Kier molecular flexibility index (Phi) is 7.56. The Labute approximate surface area is 160 Å². The number of aliphatic hydroxyl groups is 1. The Morgan fingerprint density at radius 1 is 0.889 bits per heavy atom. The first-order chi connectivity index (χ1) is 13.3. The molecule has 0 spiro atoms. The molecule has 144 valence electrons. The lowest BCUT2D eigenvalue weighted by atomic mass is 10.1. The van der Waals surface area contributed by atoms with Gasteiger partial charge in [0.15, 0.2) is 6.29 Å². The van der Waals surface area contributed by atoms with Gasteiger partial charge in [-0.3, -0.25) is 0 Å². The van der Waals surface area contributed by atoms with E-state index in [1.165, 1.54) is 0 Å². The van der Waals surface area contributed by atoms with Crippen molar-refractivity contribution in [3.05, 3.63) is 84.4 Å². The Hall–Kier alpha value is -2.02. The molecule has 0 unspecified atom stereocenters. The van der Waals surface area contributed by atoms with Gasteiger partial charge in [0.25, 0.3) is 0 Å². The standard InChI is InChI=1S/C22H26O5/c1-2-13-24-16-19-20(25-14-17-9-5-3-6-10-17)21(22(23)27-19)26-15-18-11-7-4-8-12-18/h2-12,19-23H,1,13-16H2/t19-,20+,21+,22+/m1/s1. The van der Waals surface area contributed by atoms with Crippen molar-refractivity contribution in [2.24, 2.45) is 0 Å². The van der Waals surface area contributed by atoms with E-state index in [9.17, 15) is 5.11 Å². The average molecular weight is 370 g/mol. The Balaban J connectivity index is 1.64. The second-order valence-electron chi connectivity index (χ2n) is 6.41. The lowest BCUT2D eigenvalue weighted by molar-refractivity contribution is -0.152. The first-order valence-electron chi connectivity index (χ1n) is 9.11. The number of aliphatic hydroxyl groups excluding tert-OH is 1. The normalized spacial score (nSPS) is 24.8. The predicted octanol–water partition coefficient (Wildman–Crippen LogP) is 3.08. The van der Waals surface area contributed by atoms with Crippen LogP contribution in [0.5, 0.6) is 0 Å². The molecule has 27 heavy (non-hydrogen) atoms. The number of ether oxygens (including phenoxy) is 4. The highest BCUT2D eigenvalue weighted by molar-refractivity contribution is 5.14. The van der Waals surface area contributed by atoms with Crippen molar-refractivity contribution in [1.82, 2.24) is 0 Å². The van der Waals surface area contributed by atoms with Gasteiger partial charge in [-0.1, -0.05) is 66.7 Å². The van der Waals surface area contributed by atoms with Crippen LogP contribution in [0.3, 0.4) is 0 Å². The molecule has 0 amide bonds. The van der Waals surface area contributed by atoms with Gasteiger partial charge >= 0.3 is 0 Å². The summed E-state index contributed by atoms with van der Waals surface area (Å²) in [5.74, 6) is 0. The van der Waals surface area contributed by atoms with Crippen LogP contribution >= 0.6 is 0 Å². The molecule has 5 nitrogen and oxygen atoms in total. The molecule has 2 aromatic carbocycles. The van der Waals surface area contributed by atoms with Crippen LogP contribution in [0.2, 0.25) is 0 Å². The van der Waals surface area contributed by atoms with Gasteiger partial charge in [-0.25, -0.2) is 0 Å². The fourth-order valence-corrected chi connectivity index (χ4v) is 3.02. The summed E-state index contributed by atoms with van der Waals surface area (Å²) in [5, 5.41) is 10.4. The van der Waals surface area contributed by atoms with E-state index in [4.69, 9.17) is 18.9 Å². The monoisotopic (exact) mass is 370 g/mol. The highest BCUT2D eigenvalue weighted by Gasteiger charge is 2.45. The highest BCUT2D eigenvalue weighted by atomic mass is 16.7. The van der Waals surface area contributed by atoms with E-state index in [1.807, 2.05) is 60.7 Å². The second kappa shape index (κ2) is 10.3. The van der Waals surface area contributed by atoms with E-state index in [-0.39, 0.29) is 0 Å². The fourth-order valence-electron chi connectivity index (χ4n) is 3.02. The minimum absolute atomic E-state index is 0.299. The van der Waals surface area contributed by atoms with Gasteiger partial charge in [0.2, 0.25) is 0 Å². The maximum Gasteiger partial charge on any atom is 0.184 e. The van der Waals surface area contributed by atoms with Crippen LogP contribution in [-0.4, -0.2) is 42.9 Å². The Morgan fingerprint density at radius 3 is 2.00 bits per heavy atom. The van der Waals surface area contributed by atoms with Crippen molar-refractivity contribution in [3.8, 4) is 0 Å². The smallest absolute Gasteiger partial charge is 0.184 e. The number of rotatable bonds is 10. The SMILES string of the molecule is C=CCOC[C@H]1O[C@H](O)[C@@H](OCc2ccccc2)[C@H]1OCc1ccccc1. The molecule has 0 radical (unpaired) electrons. The molecular weight excluding hydrogens is 344 g/mol. The molecule has 3 rings (SSSR count). The third-order valence-corrected chi connectivity index (χ3v) is 4.37. The third kappa shape index (κ3) is 5.73. The minimum Gasteiger partial charge on any atom is -0.375 e. The molecular formula is C22H26O5. The molecule has 4 atom stereocenters. The molecule has 0 saturated carbocycles. The van der Waals surface area contributed by atoms with Gasteiger partial charge in [-0.2, -0.15) is 0 Å². The summed E-state index contributed by atoms with van der Waals surface area (Å²) in [4.78, 5) is 0. The molecule has 0 aliphatic carbocycles. The van der Waals surface area contributed by atoms with E-state index >= 15 is 0 Å². The molecule has 1 N–H and O–H groups in total. The lowest BCUT2D eigenvalue weighted by Gasteiger charge is -2.24. The summed E-state index contributed by atoms with van der Waals surface area (Å²) in [6, 6.07) is 19.7. The minimum atomic E-state index is -1.06. The van der Waals surface area contributed by atoms with E-state index in [2.05, 4.69) is 6.58 Å². The van der Waals surface area contributed by atoms with Gasteiger partial charge in [0.1, 0.15) is 18.3 Å². The van der Waals surface area contributed by atoms with Gasteiger partial charge in [-0.15, -0.1) is 6.58 Å². The number of hydrogen-bond donors (Lipinski definition) is 1. The molecule has 1 fully saturated rings.